The highest BCUT2D eigenvalue weighted by Crippen LogP contribution is 2.36. The summed E-state index contributed by atoms with van der Waals surface area (Å²) in [4.78, 5) is 36.4. The van der Waals surface area contributed by atoms with Gasteiger partial charge in [-0.1, -0.05) is 18.7 Å². The second kappa shape index (κ2) is 4.76. The van der Waals surface area contributed by atoms with Gasteiger partial charge in [-0.15, -0.1) is 0 Å². The maximum atomic E-state index is 12.1. The van der Waals surface area contributed by atoms with Crippen LogP contribution in [0.4, 0.5) is 0 Å². The average molecular weight is 249 g/mol. The third-order valence-electron chi connectivity index (χ3n) is 3.36. The van der Waals surface area contributed by atoms with Crippen LogP contribution in [-0.4, -0.2) is 28.9 Å². The van der Waals surface area contributed by atoms with Crippen LogP contribution in [0.2, 0.25) is 0 Å². The molecule has 0 aromatic rings. The second-order valence-electron chi connectivity index (χ2n) is 4.44. The summed E-state index contributed by atoms with van der Waals surface area (Å²) in [6.07, 6.45) is 5.12. The molecule has 1 saturated heterocycles. The third kappa shape index (κ3) is 1.96. The van der Waals surface area contributed by atoms with Crippen LogP contribution in [0.3, 0.4) is 0 Å². The van der Waals surface area contributed by atoms with E-state index in [0.717, 1.165) is 11.0 Å². The molecule has 3 atom stereocenters. The van der Waals surface area contributed by atoms with Crippen LogP contribution in [0.25, 0.3) is 0 Å². The van der Waals surface area contributed by atoms with Gasteiger partial charge in [0.25, 0.3) is 0 Å². The number of ether oxygens (including phenoxy) is 1. The molecule has 0 bridgehead atoms. The topological polar surface area (TPSA) is 63.7 Å². The van der Waals surface area contributed by atoms with Gasteiger partial charge in [0.1, 0.15) is 0 Å². The smallest absolute Gasteiger partial charge is 0.332 e. The van der Waals surface area contributed by atoms with Crippen molar-refractivity contribution in [1.82, 2.24) is 4.90 Å². The second-order valence-corrected chi connectivity index (χ2v) is 4.44. The third-order valence-corrected chi connectivity index (χ3v) is 3.36. The van der Waals surface area contributed by atoms with Gasteiger partial charge in [0.2, 0.25) is 11.8 Å². The summed E-state index contributed by atoms with van der Waals surface area (Å²) < 4.78 is 4.94. The van der Waals surface area contributed by atoms with E-state index in [4.69, 9.17) is 4.74 Å². The Kier molecular flexibility index (Phi) is 3.32. The molecule has 5 nitrogen and oxygen atoms in total. The van der Waals surface area contributed by atoms with Crippen LogP contribution in [0.15, 0.2) is 24.8 Å². The van der Waals surface area contributed by atoms with Crippen molar-refractivity contribution in [1.29, 1.82) is 0 Å². The fraction of sp³-hybridized carbons (Fsp3) is 0.462. The summed E-state index contributed by atoms with van der Waals surface area (Å²) in [5, 5.41) is 0. The highest BCUT2D eigenvalue weighted by atomic mass is 16.6. The van der Waals surface area contributed by atoms with Crippen molar-refractivity contribution < 1.29 is 19.1 Å². The zero-order chi connectivity index (χ0) is 13.3. The van der Waals surface area contributed by atoms with E-state index in [0.29, 0.717) is 12.8 Å². The van der Waals surface area contributed by atoms with Crippen LogP contribution < -0.4 is 0 Å². The molecule has 1 aliphatic carbocycles. The lowest BCUT2D eigenvalue weighted by molar-refractivity contribution is -0.162. The number of nitrogens with zero attached hydrogens (tertiary/aromatic N) is 1. The molecular weight excluding hydrogens is 234 g/mol. The van der Waals surface area contributed by atoms with Crippen LogP contribution >= 0.6 is 0 Å². The molecule has 1 heterocycles. The first-order valence-electron chi connectivity index (χ1n) is 5.91. The Labute approximate surface area is 105 Å². The molecule has 5 heteroatoms. The van der Waals surface area contributed by atoms with Crippen molar-refractivity contribution in [3.8, 4) is 0 Å². The van der Waals surface area contributed by atoms with Gasteiger partial charge in [-0.05, 0) is 19.8 Å². The number of likely N-dealkylation sites (tertiary alicyclic amines) is 1. The number of imide groups is 1. The predicted octanol–water partition coefficient (Wildman–Crippen LogP) is 1.01. The fourth-order valence-corrected chi connectivity index (χ4v) is 2.45. The normalized spacial score (nSPS) is 27.9. The number of fused-ring (bicyclic) bond motifs is 1. The SMILES string of the molecule is C=CC(=O)OC(C)N1C(=O)C2CC=CCC2C1=O. The minimum Gasteiger partial charge on any atom is -0.438 e. The summed E-state index contributed by atoms with van der Waals surface area (Å²) in [5.74, 6) is -1.74. The van der Waals surface area contributed by atoms with Crippen molar-refractivity contribution in [3.05, 3.63) is 24.8 Å². The van der Waals surface area contributed by atoms with E-state index in [1.807, 2.05) is 12.2 Å². The fourth-order valence-electron chi connectivity index (χ4n) is 2.45. The number of allylic oxidation sites excluding steroid dienone is 2. The van der Waals surface area contributed by atoms with Gasteiger partial charge < -0.3 is 4.74 Å². The first-order chi connectivity index (χ1) is 8.56. The van der Waals surface area contributed by atoms with Crippen molar-refractivity contribution in [2.75, 3.05) is 0 Å². The highest BCUT2D eigenvalue weighted by Gasteiger charge is 2.49. The van der Waals surface area contributed by atoms with E-state index in [9.17, 15) is 14.4 Å². The van der Waals surface area contributed by atoms with E-state index in [1.54, 1.807) is 0 Å². The molecule has 1 aliphatic heterocycles. The van der Waals surface area contributed by atoms with E-state index >= 15 is 0 Å². The zero-order valence-corrected chi connectivity index (χ0v) is 10.2. The quantitative estimate of drug-likeness (QED) is 0.324. The number of amides is 2. The molecular formula is C13H15NO4. The summed E-state index contributed by atoms with van der Waals surface area (Å²) >= 11 is 0. The molecule has 18 heavy (non-hydrogen) atoms. The van der Waals surface area contributed by atoms with Crippen molar-refractivity contribution >= 4 is 17.8 Å². The molecule has 0 radical (unpaired) electrons. The Bertz CT molecular complexity index is 414. The molecule has 0 spiro atoms. The van der Waals surface area contributed by atoms with Gasteiger partial charge in [-0.25, -0.2) is 9.69 Å². The lowest BCUT2D eigenvalue weighted by Gasteiger charge is -2.22. The number of carbonyl (C=O) groups excluding carboxylic acids is 3. The molecule has 2 rings (SSSR count). The van der Waals surface area contributed by atoms with Crippen LogP contribution in [-0.2, 0) is 19.1 Å². The minimum atomic E-state index is -0.874. The molecule has 0 N–H and O–H groups in total. The maximum absolute atomic E-state index is 12.1. The Morgan fingerprint density at radius 2 is 1.89 bits per heavy atom. The van der Waals surface area contributed by atoms with Crippen LogP contribution in [0.5, 0.6) is 0 Å². The average Bonchev–Trinajstić information content (AvgIpc) is 2.62. The first kappa shape index (κ1) is 12.5. The molecule has 3 unspecified atom stereocenters. The van der Waals surface area contributed by atoms with E-state index < -0.39 is 12.2 Å². The molecule has 1 fully saturated rings. The lowest BCUT2D eigenvalue weighted by atomic mass is 9.85. The van der Waals surface area contributed by atoms with E-state index in [1.165, 1.54) is 6.92 Å². The Balaban J connectivity index is 2.15. The number of hydrogen-bond acceptors (Lipinski definition) is 4. The predicted molar refractivity (Wildman–Crippen MR) is 63.0 cm³/mol. The Morgan fingerprint density at radius 3 is 2.33 bits per heavy atom. The van der Waals surface area contributed by atoms with Crippen molar-refractivity contribution in [2.24, 2.45) is 11.8 Å². The van der Waals surface area contributed by atoms with Crippen molar-refractivity contribution in [2.45, 2.75) is 26.0 Å². The summed E-state index contributed by atoms with van der Waals surface area (Å²) in [5.41, 5.74) is 0. The van der Waals surface area contributed by atoms with Crippen LogP contribution in [0.1, 0.15) is 19.8 Å². The van der Waals surface area contributed by atoms with Gasteiger partial charge in [0, 0.05) is 6.08 Å². The highest BCUT2D eigenvalue weighted by molar-refractivity contribution is 6.05. The van der Waals surface area contributed by atoms with E-state index in [-0.39, 0.29) is 23.7 Å². The van der Waals surface area contributed by atoms with Crippen molar-refractivity contribution in [3.63, 3.8) is 0 Å². The molecule has 2 aliphatic rings. The molecule has 0 aromatic heterocycles. The first-order valence-corrected chi connectivity index (χ1v) is 5.91. The molecule has 0 aromatic carbocycles. The summed E-state index contributed by atoms with van der Waals surface area (Å²) in [6, 6.07) is 0. The maximum Gasteiger partial charge on any atom is 0.332 e. The number of esters is 1. The molecule has 96 valence electrons. The standard InChI is InChI=1S/C13H15NO4/c1-3-11(15)18-8(2)14-12(16)9-6-4-5-7-10(9)13(14)17/h3-5,8-10H,1,6-7H2,2H3. The number of rotatable bonds is 3. The van der Waals surface area contributed by atoms with Gasteiger partial charge in [0.05, 0.1) is 11.8 Å². The van der Waals surface area contributed by atoms with Gasteiger partial charge in [0.15, 0.2) is 6.23 Å². The summed E-state index contributed by atoms with van der Waals surface area (Å²) in [6.45, 7) is 4.79. The van der Waals surface area contributed by atoms with Gasteiger partial charge in [-0.2, -0.15) is 0 Å². The number of carbonyl (C=O) groups is 3. The Hall–Kier alpha value is -1.91. The minimum absolute atomic E-state index is 0.251. The largest absolute Gasteiger partial charge is 0.438 e. The summed E-state index contributed by atoms with van der Waals surface area (Å²) in [7, 11) is 0. The number of hydrogen-bond donors (Lipinski definition) is 0. The lowest BCUT2D eigenvalue weighted by Crippen LogP contribution is -2.41. The van der Waals surface area contributed by atoms with Gasteiger partial charge >= 0.3 is 5.97 Å². The van der Waals surface area contributed by atoms with Crippen LogP contribution in [0, 0.1) is 11.8 Å². The monoisotopic (exact) mass is 249 g/mol. The molecule has 2 amide bonds. The Morgan fingerprint density at radius 1 is 1.39 bits per heavy atom. The zero-order valence-electron chi connectivity index (χ0n) is 10.2. The van der Waals surface area contributed by atoms with E-state index in [2.05, 4.69) is 6.58 Å². The molecule has 0 saturated carbocycles. The van der Waals surface area contributed by atoms with Gasteiger partial charge in [-0.3, -0.25) is 9.59 Å².